The zero-order valence-corrected chi connectivity index (χ0v) is 11.6. The normalized spacial score (nSPS) is 17.4. The fourth-order valence-electron chi connectivity index (χ4n) is 2.59. The third kappa shape index (κ3) is 3.47. The minimum atomic E-state index is -0.866. The smallest absolute Gasteiger partial charge is 0.335 e. The second kappa shape index (κ2) is 6.06. The van der Waals surface area contributed by atoms with E-state index in [0.29, 0.717) is 11.6 Å². The number of hydrogen-bond donors (Lipinski definition) is 2. The summed E-state index contributed by atoms with van der Waals surface area (Å²) in [5, 5.41) is 12.4. The van der Waals surface area contributed by atoms with E-state index in [9.17, 15) is 4.79 Å². The molecular weight excluding hydrogens is 240 g/mol. The van der Waals surface area contributed by atoms with Gasteiger partial charge in [0.2, 0.25) is 0 Å². The van der Waals surface area contributed by atoms with Crippen LogP contribution in [0.15, 0.2) is 18.2 Å². The Morgan fingerprint density at radius 3 is 2.68 bits per heavy atom. The fraction of sp³-hybridized carbons (Fsp3) is 0.533. The van der Waals surface area contributed by atoms with Gasteiger partial charge in [0.15, 0.2) is 0 Å². The summed E-state index contributed by atoms with van der Waals surface area (Å²) in [4.78, 5) is 13.4. The summed E-state index contributed by atoms with van der Waals surface area (Å²) in [5.41, 5.74) is 2.16. The average Bonchev–Trinajstić information content (AvgIpc) is 2.89. The highest BCUT2D eigenvalue weighted by atomic mass is 16.4. The van der Waals surface area contributed by atoms with Gasteiger partial charge in [-0.15, -0.1) is 0 Å². The van der Waals surface area contributed by atoms with Crippen LogP contribution in [0, 0.1) is 6.92 Å². The molecule has 1 atom stereocenters. The van der Waals surface area contributed by atoms with Gasteiger partial charge in [-0.3, -0.25) is 4.90 Å². The fourth-order valence-corrected chi connectivity index (χ4v) is 2.59. The molecule has 0 aromatic heterocycles. The molecule has 2 rings (SSSR count). The minimum absolute atomic E-state index is 0.373. The maximum Gasteiger partial charge on any atom is 0.335 e. The predicted octanol–water partition coefficient (Wildman–Crippen LogP) is 2.59. The van der Waals surface area contributed by atoms with Crippen LogP contribution in [0.1, 0.15) is 35.7 Å². The third-order valence-corrected chi connectivity index (χ3v) is 3.82. The Bertz CT molecular complexity index is 453. The molecule has 104 valence electrons. The number of hydrogen-bond acceptors (Lipinski definition) is 3. The molecule has 0 spiro atoms. The van der Waals surface area contributed by atoms with Crippen LogP contribution in [0.2, 0.25) is 0 Å². The molecule has 1 aliphatic rings. The van der Waals surface area contributed by atoms with Gasteiger partial charge in [0, 0.05) is 18.3 Å². The quantitative estimate of drug-likeness (QED) is 0.856. The van der Waals surface area contributed by atoms with Crippen molar-refractivity contribution in [3.8, 4) is 0 Å². The second-order valence-electron chi connectivity index (χ2n) is 5.31. The molecule has 19 heavy (non-hydrogen) atoms. The van der Waals surface area contributed by atoms with Gasteiger partial charge in [-0.05, 0) is 63.5 Å². The number of carbonyl (C=O) groups is 1. The number of aromatic carboxylic acids is 1. The topological polar surface area (TPSA) is 52.6 Å². The van der Waals surface area contributed by atoms with Crippen molar-refractivity contribution in [2.75, 3.05) is 25.0 Å². The molecule has 0 bridgehead atoms. The number of likely N-dealkylation sites (tertiary alicyclic amines) is 1. The van der Waals surface area contributed by atoms with Crippen molar-refractivity contribution in [3.05, 3.63) is 29.3 Å². The summed E-state index contributed by atoms with van der Waals surface area (Å²) in [6.45, 7) is 7.35. The molecule has 2 N–H and O–H groups in total. The van der Waals surface area contributed by atoms with Crippen molar-refractivity contribution in [1.82, 2.24) is 4.90 Å². The first-order valence-electron chi connectivity index (χ1n) is 6.90. The van der Waals surface area contributed by atoms with Crippen molar-refractivity contribution < 1.29 is 9.90 Å². The number of nitrogens with one attached hydrogen (secondary N) is 1. The molecule has 1 unspecified atom stereocenters. The monoisotopic (exact) mass is 262 g/mol. The van der Waals surface area contributed by atoms with Gasteiger partial charge in [-0.1, -0.05) is 0 Å². The molecule has 0 amide bonds. The van der Waals surface area contributed by atoms with Crippen LogP contribution in [0.4, 0.5) is 5.69 Å². The number of rotatable bonds is 5. The van der Waals surface area contributed by atoms with E-state index < -0.39 is 5.97 Å². The largest absolute Gasteiger partial charge is 0.478 e. The maximum absolute atomic E-state index is 10.9. The number of benzene rings is 1. The van der Waals surface area contributed by atoms with Crippen molar-refractivity contribution in [2.45, 2.75) is 32.7 Å². The van der Waals surface area contributed by atoms with Crippen LogP contribution >= 0.6 is 0 Å². The zero-order valence-electron chi connectivity index (χ0n) is 11.6. The highest BCUT2D eigenvalue weighted by Gasteiger charge is 2.17. The van der Waals surface area contributed by atoms with Gasteiger partial charge in [0.25, 0.3) is 0 Å². The maximum atomic E-state index is 10.9. The molecule has 0 radical (unpaired) electrons. The van der Waals surface area contributed by atoms with Gasteiger partial charge in [-0.2, -0.15) is 0 Å². The molecule has 1 fully saturated rings. The van der Waals surface area contributed by atoms with E-state index >= 15 is 0 Å². The van der Waals surface area contributed by atoms with Crippen LogP contribution in [0.25, 0.3) is 0 Å². The lowest BCUT2D eigenvalue weighted by Gasteiger charge is -2.24. The number of aryl methyl sites for hydroxylation is 1. The van der Waals surface area contributed by atoms with Gasteiger partial charge in [0.05, 0.1) is 5.56 Å². The zero-order chi connectivity index (χ0) is 13.8. The Labute approximate surface area is 114 Å². The average molecular weight is 262 g/mol. The first-order chi connectivity index (χ1) is 9.08. The molecule has 1 heterocycles. The predicted molar refractivity (Wildman–Crippen MR) is 76.9 cm³/mol. The van der Waals surface area contributed by atoms with E-state index in [1.807, 2.05) is 19.1 Å². The summed E-state index contributed by atoms with van der Waals surface area (Å²) in [7, 11) is 0. The highest BCUT2D eigenvalue weighted by Crippen LogP contribution is 2.16. The lowest BCUT2D eigenvalue weighted by atomic mass is 10.1. The standard InChI is InChI=1S/C15H22N2O2/c1-11-9-13(5-6-14(11)15(18)19)16-10-12(2)17-7-3-4-8-17/h5-6,9,12,16H,3-4,7-8,10H2,1-2H3,(H,18,19). The first kappa shape index (κ1) is 13.9. The summed E-state index contributed by atoms with van der Waals surface area (Å²) >= 11 is 0. The number of carboxylic acids is 1. The molecular formula is C15H22N2O2. The first-order valence-corrected chi connectivity index (χ1v) is 6.90. The van der Waals surface area contributed by atoms with E-state index in [4.69, 9.17) is 5.11 Å². The van der Waals surface area contributed by atoms with Crippen LogP contribution in [0.5, 0.6) is 0 Å². The van der Waals surface area contributed by atoms with Gasteiger partial charge in [-0.25, -0.2) is 4.79 Å². The van der Waals surface area contributed by atoms with Crippen molar-refractivity contribution in [2.24, 2.45) is 0 Å². The summed E-state index contributed by atoms with van der Waals surface area (Å²) in [5.74, 6) is -0.866. The lowest BCUT2D eigenvalue weighted by molar-refractivity contribution is 0.0696. The summed E-state index contributed by atoms with van der Waals surface area (Å²) in [6.07, 6.45) is 2.60. The Kier molecular flexibility index (Phi) is 4.43. The highest BCUT2D eigenvalue weighted by molar-refractivity contribution is 5.89. The number of anilines is 1. The molecule has 1 aliphatic heterocycles. The van der Waals surface area contributed by atoms with Crippen LogP contribution < -0.4 is 5.32 Å². The van der Waals surface area contributed by atoms with Crippen molar-refractivity contribution in [1.29, 1.82) is 0 Å². The van der Waals surface area contributed by atoms with E-state index in [0.717, 1.165) is 17.8 Å². The van der Waals surface area contributed by atoms with Gasteiger partial charge < -0.3 is 10.4 Å². The summed E-state index contributed by atoms with van der Waals surface area (Å²) in [6, 6.07) is 5.93. The van der Waals surface area contributed by atoms with E-state index in [2.05, 4.69) is 17.1 Å². The van der Waals surface area contributed by atoms with Gasteiger partial charge in [0.1, 0.15) is 0 Å². The number of nitrogens with zero attached hydrogens (tertiary/aromatic N) is 1. The molecule has 4 heteroatoms. The molecule has 1 saturated heterocycles. The van der Waals surface area contributed by atoms with Crippen LogP contribution in [-0.4, -0.2) is 41.7 Å². The van der Waals surface area contributed by atoms with Crippen LogP contribution in [-0.2, 0) is 0 Å². The van der Waals surface area contributed by atoms with E-state index in [1.54, 1.807) is 6.07 Å². The second-order valence-corrected chi connectivity index (χ2v) is 5.31. The van der Waals surface area contributed by atoms with E-state index in [1.165, 1.54) is 25.9 Å². The van der Waals surface area contributed by atoms with Gasteiger partial charge >= 0.3 is 5.97 Å². The molecule has 4 nitrogen and oxygen atoms in total. The Hall–Kier alpha value is -1.55. The molecule has 0 aliphatic carbocycles. The lowest BCUT2D eigenvalue weighted by Crippen LogP contribution is -2.35. The van der Waals surface area contributed by atoms with Crippen molar-refractivity contribution in [3.63, 3.8) is 0 Å². The Balaban J connectivity index is 1.92. The third-order valence-electron chi connectivity index (χ3n) is 3.82. The minimum Gasteiger partial charge on any atom is -0.478 e. The van der Waals surface area contributed by atoms with E-state index in [-0.39, 0.29) is 0 Å². The molecule has 0 saturated carbocycles. The SMILES string of the molecule is Cc1cc(NCC(C)N2CCCC2)ccc1C(=O)O. The molecule has 1 aromatic carbocycles. The van der Waals surface area contributed by atoms with Crippen LogP contribution in [0.3, 0.4) is 0 Å². The molecule has 1 aromatic rings. The van der Waals surface area contributed by atoms with Crippen molar-refractivity contribution >= 4 is 11.7 Å². The Morgan fingerprint density at radius 1 is 1.42 bits per heavy atom. The summed E-state index contributed by atoms with van der Waals surface area (Å²) < 4.78 is 0. The number of carboxylic acid groups (broad SMARTS) is 1. The Morgan fingerprint density at radius 2 is 2.11 bits per heavy atom.